The monoisotopic (exact) mass is 192 g/mol. The molecular weight excluding hydrogens is 172 g/mol. The van der Waals surface area contributed by atoms with Gasteiger partial charge in [-0.15, -0.1) is 0 Å². The highest BCUT2D eigenvalue weighted by Gasteiger charge is 2.27. The van der Waals surface area contributed by atoms with Crippen molar-refractivity contribution in [3.05, 3.63) is 0 Å². The first kappa shape index (κ1) is 12.8. The van der Waals surface area contributed by atoms with E-state index in [9.17, 15) is 10.2 Å². The Bertz CT molecular complexity index is 141. The van der Waals surface area contributed by atoms with Gasteiger partial charge in [0.2, 0.25) is 0 Å². The smallest absolute Gasteiger partial charge is 0.108 e. The summed E-state index contributed by atoms with van der Waals surface area (Å²) in [4.78, 5) is 0. The first-order valence-electron chi connectivity index (χ1n) is 4.43. The van der Waals surface area contributed by atoms with Crippen LogP contribution in [0.2, 0.25) is 0 Å². The lowest BCUT2D eigenvalue weighted by molar-refractivity contribution is -0.0860. The van der Waals surface area contributed by atoms with E-state index in [1.165, 1.54) is 0 Å². The van der Waals surface area contributed by atoms with Crippen LogP contribution in [0, 0.1) is 5.41 Å². The minimum absolute atomic E-state index is 0.116. The summed E-state index contributed by atoms with van der Waals surface area (Å²) < 4.78 is 0. The highest BCUT2D eigenvalue weighted by atomic mass is 16.4. The normalized spacial score (nSPS) is 19.6. The zero-order chi connectivity index (χ0) is 10.6. The molecule has 0 rings (SSSR count). The van der Waals surface area contributed by atoms with Crippen LogP contribution in [0.3, 0.4) is 0 Å². The Morgan fingerprint density at radius 1 is 1.00 bits per heavy atom. The Labute approximate surface area is 78.8 Å². The van der Waals surface area contributed by atoms with E-state index in [1.807, 2.05) is 20.8 Å². The van der Waals surface area contributed by atoms with Gasteiger partial charge in [0.15, 0.2) is 0 Å². The molecule has 0 heterocycles. The number of aliphatic hydroxyl groups is 4. The standard InChI is InChI=1S/C9H20O4/c1-9(2,3)4-6(11)8(13)7(12)5-10/h6-8,10-13H,4-5H2,1-3H3/t6-,7+,8+/m0/s1. The Balaban J connectivity index is 4.03. The van der Waals surface area contributed by atoms with Crippen LogP contribution in [0.15, 0.2) is 0 Å². The third-order valence-electron chi connectivity index (χ3n) is 1.80. The second kappa shape index (κ2) is 4.91. The number of rotatable bonds is 4. The minimum atomic E-state index is -1.27. The summed E-state index contributed by atoms with van der Waals surface area (Å²) in [6.07, 6.45) is -3.16. The van der Waals surface area contributed by atoms with Crippen molar-refractivity contribution in [3.8, 4) is 0 Å². The zero-order valence-electron chi connectivity index (χ0n) is 8.44. The van der Waals surface area contributed by atoms with Crippen LogP contribution in [0.1, 0.15) is 27.2 Å². The quantitative estimate of drug-likeness (QED) is 0.484. The van der Waals surface area contributed by atoms with Crippen LogP contribution < -0.4 is 0 Å². The lowest BCUT2D eigenvalue weighted by Gasteiger charge is -2.27. The largest absolute Gasteiger partial charge is 0.394 e. The van der Waals surface area contributed by atoms with Gasteiger partial charge in [0.05, 0.1) is 12.7 Å². The molecule has 0 unspecified atom stereocenters. The Morgan fingerprint density at radius 3 is 1.77 bits per heavy atom. The molecule has 4 nitrogen and oxygen atoms in total. The molecule has 0 bridgehead atoms. The molecule has 0 fully saturated rings. The Morgan fingerprint density at radius 2 is 1.46 bits per heavy atom. The van der Waals surface area contributed by atoms with Gasteiger partial charge >= 0.3 is 0 Å². The van der Waals surface area contributed by atoms with Gasteiger partial charge in [-0.3, -0.25) is 0 Å². The van der Waals surface area contributed by atoms with Crippen molar-refractivity contribution in [2.75, 3.05) is 6.61 Å². The molecule has 13 heavy (non-hydrogen) atoms. The summed E-state index contributed by atoms with van der Waals surface area (Å²) in [5.74, 6) is 0. The van der Waals surface area contributed by atoms with Crippen LogP contribution in [-0.2, 0) is 0 Å². The Hall–Kier alpha value is -0.160. The molecule has 0 radical (unpaired) electrons. The summed E-state index contributed by atoms with van der Waals surface area (Å²) in [6, 6.07) is 0. The SMILES string of the molecule is CC(C)(C)C[C@H](O)[C@@H](O)[C@H](O)CO. The van der Waals surface area contributed by atoms with E-state index in [0.717, 1.165) is 0 Å². The van der Waals surface area contributed by atoms with Crippen molar-refractivity contribution < 1.29 is 20.4 Å². The zero-order valence-corrected chi connectivity index (χ0v) is 8.44. The van der Waals surface area contributed by atoms with Gasteiger partial charge in [0, 0.05) is 0 Å². The summed E-state index contributed by atoms with van der Waals surface area (Å²) in [7, 11) is 0. The van der Waals surface area contributed by atoms with Crippen LogP contribution >= 0.6 is 0 Å². The van der Waals surface area contributed by atoms with Crippen LogP contribution in [0.4, 0.5) is 0 Å². The molecule has 0 aromatic rings. The molecule has 80 valence electrons. The molecule has 0 spiro atoms. The molecule has 0 aliphatic rings. The van der Waals surface area contributed by atoms with E-state index in [2.05, 4.69) is 0 Å². The predicted molar refractivity (Wildman–Crippen MR) is 49.2 cm³/mol. The van der Waals surface area contributed by atoms with Gasteiger partial charge in [-0.2, -0.15) is 0 Å². The molecule has 4 heteroatoms. The fourth-order valence-corrected chi connectivity index (χ4v) is 1.11. The predicted octanol–water partition coefficient (Wildman–Crippen LogP) is -0.502. The van der Waals surface area contributed by atoms with Gasteiger partial charge in [-0.05, 0) is 11.8 Å². The maximum atomic E-state index is 9.43. The third-order valence-corrected chi connectivity index (χ3v) is 1.80. The average Bonchev–Trinajstić information content (AvgIpc) is 1.98. The minimum Gasteiger partial charge on any atom is -0.394 e. The van der Waals surface area contributed by atoms with E-state index in [1.54, 1.807) is 0 Å². The second-order valence-corrected chi connectivity index (χ2v) is 4.57. The number of hydrogen-bond donors (Lipinski definition) is 4. The van der Waals surface area contributed by atoms with Crippen LogP contribution in [0.5, 0.6) is 0 Å². The van der Waals surface area contributed by atoms with Crippen molar-refractivity contribution in [1.82, 2.24) is 0 Å². The number of hydrogen-bond acceptors (Lipinski definition) is 4. The fourth-order valence-electron chi connectivity index (χ4n) is 1.11. The topological polar surface area (TPSA) is 80.9 Å². The summed E-state index contributed by atoms with van der Waals surface area (Å²) >= 11 is 0. The molecule has 0 aromatic heterocycles. The van der Waals surface area contributed by atoms with Crippen LogP contribution in [-0.4, -0.2) is 45.3 Å². The molecule has 0 aliphatic carbocycles. The van der Waals surface area contributed by atoms with E-state index in [4.69, 9.17) is 10.2 Å². The second-order valence-electron chi connectivity index (χ2n) is 4.57. The summed E-state index contributed by atoms with van der Waals surface area (Å²) in [5.41, 5.74) is -0.116. The first-order valence-corrected chi connectivity index (χ1v) is 4.43. The highest BCUT2D eigenvalue weighted by molar-refractivity contribution is 4.78. The van der Waals surface area contributed by atoms with E-state index in [0.29, 0.717) is 6.42 Å². The van der Waals surface area contributed by atoms with Gasteiger partial charge < -0.3 is 20.4 Å². The van der Waals surface area contributed by atoms with Crippen LogP contribution in [0.25, 0.3) is 0 Å². The summed E-state index contributed by atoms with van der Waals surface area (Å²) in [6.45, 7) is 5.24. The fraction of sp³-hybridized carbons (Fsp3) is 1.00. The van der Waals surface area contributed by atoms with Crippen molar-refractivity contribution >= 4 is 0 Å². The molecule has 4 N–H and O–H groups in total. The lowest BCUT2D eigenvalue weighted by Crippen LogP contribution is -2.41. The molecule has 0 aliphatic heterocycles. The van der Waals surface area contributed by atoms with E-state index < -0.39 is 24.9 Å². The molecule has 0 aromatic carbocycles. The Kier molecular flexibility index (Phi) is 4.85. The maximum absolute atomic E-state index is 9.43. The van der Waals surface area contributed by atoms with Gasteiger partial charge in [0.25, 0.3) is 0 Å². The third kappa shape index (κ3) is 5.21. The first-order chi connectivity index (χ1) is 5.78. The van der Waals surface area contributed by atoms with E-state index in [-0.39, 0.29) is 5.41 Å². The highest BCUT2D eigenvalue weighted by Crippen LogP contribution is 2.22. The van der Waals surface area contributed by atoms with Crippen molar-refractivity contribution in [2.45, 2.75) is 45.5 Å². The number of aliphatic hydroxyl groups excluding tert-OH is 4. The summed E-state index contributed by atoms with van der Waals surface area (Å²) in [5, 5.41) is 36.3. The molecule has 3 atom stereocenters. The van der Waals surface area contributed by atoms with Crippen molar-refractivity contribution in [2.24, 2.45) is 5.41 Å². The maximum Gasteiger partial charge on any atom is 0.108 e. The van der Waals surface area contributed by atoms with E-state index >= 15 is 0 Å². The van der Waals surface area contributed by atoms with Crippen molar-refractivity contribution in [3.63, 3.8) is 0 Å². The van der Waals surface area contributed by atoms with Gasteiger partial charge in [-0.1, -0.05) is 20.8 Å². The molecular formula is C9H20O4. The van der Waals surface area contributed by atoms with Gasteiger partial charge in [-0.25, -0.2) is 0 Å². The average molecular weight is 192 g/mol. The molecule has 0 saturated carbocycles. The molecule has 0 amide bonds. The van der Waals surface area contributed by atoms with Crippen molar-refractivity contribution in [1.29, 1.82) is 0 Å². The molecule has 0 saturated heterocycles. The van der Waals surface area contributed by atoms with Gasteiger partial charge in [0.1, 0.15) is 12.2 Å². The lowest BCUT2D eigenvalue weighted by atomic mass is 9.86.